The van der Waals surface area contributed by atoms with Crippen molar-refractivity contribution in [3.63, 3.8) is 0 Å². The van der Waals surface area contributed by atoms with E-state index in [1.807, 2.05) is 6.92 Å². The molecule has 0 fully saturated rings. The molecule has 0 atom stereocenters. The summed E-state index contributed by atoms with van der Waals surface area (Å²) < 4.78 is 42.8. The van der Waals surface area contributed by atoms with Crippen molar-refractivity contribution in [2.75, 3.05) is 16.2 Å². The summed E-state index contributed by atoms with van der Waals surface area (Å²) in [6, 6.07) is 12.1. The highest BCUT2D eigenvalue weighted by atomic mass is 32.2. The molecule has 1 N–H and O–H groups in total. The van der Waals surface area contributed by atoms with Gasteiger partial charge in [0.2, 0.25) is 5.91 Å². The fourth-order valence-electron chi connectivity index (χ4n) is 3.13. The molecule has 0 radical (unpaired) electrons. The van der Waals surface area contributed by atoms with Crippen LogP contribution in [-0.2, 0) is 21.9 Å². The van der Waals surface area contributed by atoms with Gasteiger partial charge < -0.3 is 5.32 Å². The minimum absolute atomic E-state index is 0.0696. The Hall–Kier alpha value is -3.20. The van der Waals surface area contributed by atoms with Gasteiger partial charge in [-0.05, 0) is 57.2 Å². The van der Waals surface area contributed by atoms with Crippen LogP contribution in [0.2, 0.25) is 0 Å². The summed E-state index contributed by atoms with van der Waals surface area (Å²) >= 11 is 0. The molecule has 0 spiro atoms. The Morgan fingerprint density at radius 3 is 2.20 bits per heavy atom. The molecular formula is C21H23FN4O3S. The van der Waals surface area contributed by atoms with E-state index in [1.165, 1.54) is 28.9 Å². The number of sulfonamides is 1. The van der Waals surface area contributed by atoms with E-state index in [1.54, 1.807) is 45.2 Å². The molecule has 0 unspecified atom stereocenters. The van der Waals surface area contributed by atoms with Crippen LogP contribution in [-0.4, -0.2) is 30.7 Å². The number of carbonyl (C=O) groups excluding carboxylic acids is 1. The lowest BCUT2D eigenvalue weighted by Gasteiger charge is -2.24. The highest BCUT2D eigenvalue weighted by molar-refractivity contribution is 7.93. The summed E-state index contributed by atoms with van der Waals surface area (Å²) in [5, 5.41) is 6.80. The lowest BCUT2D eigenvalue weighted by atomic mass is 10.2. The Morgan fingerprint density at radius 2 is 1.67 bits per heavy atom. The second kappa shape index (κ2) is 8.27. The number of anilines is 2. The Bertz CT molecular complexity index is 1170. The fraction of sp³-hybridized carbons (Fsp3) is 0.238. The molecule has 7 nitrogen and oxygen atoms in total. The van der Waals surface area contributed by atoms with E-state index >= 15 is 0 Å². The molecule has 0 aliphatic rings. The summed E-state index contributed by atoms with van der Waals surface area (Å²) in [5.41, 5.74) is 2.52. The number of halogens is 1. The van der Waals surface area contributed by atoms with E-state index in [9.17, 15) is 17.6 Å². The number of hydrogen-bond acceptors (Lipinski definition) is 4. The maximum atomic E-state index is 13.5. The lowest BCUT2D eigenvalue weighted by Crippen LogP contribution is -2.38. The second-order valence-electron chi connectivity index (χ2n) is 7.03. The molecule has 1 amide bonds. The highest BCUT2D eigenvalue weighted by Crippen LogP contribution is 2.28. The van der Waals surface area contributed by atoms with Crippen molar-refractivity contribution >= 4 is 27.3 Å². The zero-order valence-corrected chi connectivity index (χ0v) is 18.0. The third-order valence-corrected chi connectivity index (χ3v) is 6.75. The Balaban J connectivity index is 1.99. The molecule has 3 rings (SSSR count). The molecule has 0 saturated heterocycles. The number of hydrogen-bond donors (Lipinski definition) is 1. The van der Waals surface area contributed by atoms with Crippen LogP contribution in [0.25, 0.3) is 0 Å². The molecule has 0 aliphatic carbocycles. The van der Waals surface area contributed by atoms with E-state index in [0.717, 1.165) is 9.87 Å². The Kier molecular flexibility index (Phi) is 5.93. The van der Waals surface area contributed by atoms with Gasteiger partial charge in [0.1, 0.15) is 17.3 Å². The summed E-state index contributed by atoms with van der Waals surface area (Å²) in [7, 11) is -2.41. The van der Waals surface area contributed by atoms with Crippen molar-refractivity contribution in [1.82, 2.24) is 9.78 Å². The highest BCUT2D eigenvalue weighted by Gasteiger charge is 2.32. The van der Waals surface area contributed by atoms with Crippen LogP contribution in [0.15, 0.2) is 53.4 Å². The largest absolute Gasteiger partial charge is 0.325 e. The first-order chi connectivity index (χ1) is 14.1. The standard InChI is InChI=1S/C21H23FN4O3S/c1-14-5-11-19(12-6-14)26(13-20(27)23-18-9-7-17(22)8-10-18)30(28,29)21-15(2)24-25(4)16(21)3/h5-12H,13H2,1-4H3,(H,23,27). The maximum Gasteiger partial charge on any atom is 0.268 e. The summed E-state index contributed by atoms with van der Waals surface area (Å²) in [4.78, 5) is 12.7. The third kappa shape index (κ3) is 4.35. The lowest BCUT2D eigenvalue weighted by molar-refractivity contribution is -0.114. The van der Waals surface area contributed by atoms with Gasteiger partial charge in [-0.1, -0.05) is 17.7 Å². The molecule has 30 heavy (non-hydrogen) atoms. The van der Waals surface area contributed by atoms with Gasteiger partial charge in [0.15, 0.2) is 0 Å². The van der Waals surface area contributed by atoms with E-state index in [-0.39, 0.29) is 4.90 Å². The average Bonchev–Trinajstić information content (AvgIpc) is 2.94. The predicted octanol–water partition coefficient (Wildman–Crippen LogP) is 3.32. The number of rotatable bonds is 6. The number of benzene rings is 2. The number of nitrogens with zero attached hydrogens (tertiary/aromatic N) is 3. The zero-order valence-electron chi connectivity index (χ0n) is 17.2. The molecule has 0 saturated carbocycles. The molecular weight excluding hydrogens is 407 g/mol. The number of carbonyl (C=O) groups is 1. The normalized spacial score (nSPS) is 11.4. The summed E-state index contributed by atoms with van der Waals surface area (Å²) in [6.45, 7) is 4.72. The van der Waals surface area contributed by atoms with E-state index in [0.29, 0.717) is 22.8 Å². The minimum Gasteiger partial charge on any atom is -0.325 e. The maximum absolute atomic E-state index is 13.5. The van der Waals surface area contributed by atoms with Crippen molar-refractivity contribution in [3.8, 4) is 0 Å². The van der Waals surface area contributed by atoms with Crippen LogP contribution in [0, 0.1) is 26.6 Å². The van der Waals surface area contributed by atoms with Crippen molar-refractivity contribution in [1.29, 1.82) is 0 Å². The van der Waals surface area contributed by atoms with Gasteiger partial charge in [0.25, 0.3) is 10.0 Å². The average molecular weight is 431 g/mol. The van der Waals surface area contributed by atoms with Crippen molar-refractivity contribution in [2.24, 2.45) is 7.05 Å². The first-order valence-corrected chi connectivity index (χ1v) is 10.7. The molecule has 1 heterocycles. The minimum atomic E-state index is -4.07. The number of amides is 1. The van der Waals surface area contributed by atoms with Gasteiger partial charge in [0, 0.05) is 12.7 Å². The van der Waals surface area contributed by atoms with Gasteiger partial charge in [-0.3, -0.25) is 13.8 Å². The fourth-order valence-corrected chi connectivity index (χ4v) is 4.95. The van der Waals surface area contributed by atoms with Crippen molar-refractivity contribution < 1.29 is 17.6 Å². The predicted molar refractivity (Wildman–Crippen MR) is 113 cm³/mol. The van der Waals surface area contributed by atoms with Gasteiger partial charge in [0.05, 0.1) is 17.1 Å². The SMILES string of the molecule is Cc1ccc(N(CC(=O)Nc2ccc(F)cc2)S(=O)(=O)c2c(C)nn(C)c2C)cc1. The summed E-state index contributed by atoms with van der Waals surface area (Å²) in [5.74, 6) is -0.982. The molecule has 0 bridgehead atoms. The van der Waals surface area contributed by atoms with Crippen LogP contribution < -0.4 is 9.62 Å². The first kappa shape index (κ1) is 21.5. The molecule has 0 aliphatic heterocycles. The molecule has 3 aromatic rings. The number of aromatic nitrogens is 2. The van der Waals surface area contributed by atoms with Gasteiger partial charge in [-0.25, -0.2) is 12.8 Å². The zero-order chi connectivity index (χ0) is 22.1. The smallest absolute Gasteiger partial charge is 0.268 e. The van der Waals surface area contributed by atoms with Crippen LogP contribution in [0.3, 0.4) is 0 Å². The number of nitrogens with one attached hydrogen (secondary N) is 1. The molecule has 9 heteroatoms. The van der Waals surface area contributed by atoms with Crippen molar-refractivity contribution in [2.45, 2.75) is 25.7 Å². The quantitative estimate of drug-likeness (QED) is 0.650. The third-order valence-electron chi connectivity index (χ3n) is 4.73. The van der Waals surface area contributed by atoms with Crippen LogP contribution >= 0.6 is 0 Å². The van der Waals surface area contributed by atoms with E-state index < -0.39 is 28.3 Å². The molecule has 158 valence electrons. The van der Waals surface area contributed by atoms with Crippen molar-refractivity contribution in [3.05, 3.63) is 71.3 Å². The van der Waals surface area contributed by atoms with Gasteiger partial charge in [-0.2, -0.15) is 5.10 Å². The van der Waals surface area contributed by atoms with E-state index in [2.05, 4.69) is 10.4 Å². The van der Waals surface area contributed by atoms with Crippen LogP contribution in [0.1, 0.15) is 17.0 Å². The topological polar surface area (TPSA) is 84.3 Å². The molecule has 1 aromatic heterocycles. The summed E-state index contributed by atoms with van der Waals surface area (Å²) in [6.07, 6.45) is 0. The second-order valence-corrected chi connectivity index (χ2v) is 8.83. The monoisotopic (exact) mass is 430 g/mol. The first-order valence-electron chi connectivity index (χ1n) is 9.24. The Labute approximate surface area is 175 Å². The van der Waals surface area contributed by atoms with Gasteiger partial charge in [-0.15, -0.1) is 0 Å². The Morgan fingerprint density at radius 1 is 1.07 bits per heavy atom. The van der Waals surface area contributed by atoms with E-state index in [4.69, 9.17) is 0 Å². The van der Waals surface area contributed by atoms with Crippen LogP contribution in [0.5, 0.6) is 0 Å². The molecule has 2 aromatic carbocycles. The van der Waals surface area contributed by atoms with Gasteiger partial charge >= 0.3 is 0 Å². The van der Waals surface area contributed by atoms with Crippen LogP contribution in [0.4, 0.5) is 15.8 Å². The number of aryl methyl sites for hydroxylation is 3.